The van der Waals surface area contributed by atoms with E-state index < -0.39 is 34.0 Å². The van der Waals surface area contributed by atoms with Crippen LogP contribution in [0.2, 0.25) is 5.02 Å². The molecule has 0 unspecified atom stereocenters. The molecule has 2 amide bonds. The Morgan fingerprint density at radius 3 is 2.25 bits per heavy atom. The van der Waals surface area contributed by atoms with Crippen LogP contribution in [0.15, 0.2) is 18.2 Å². The van der Waals surface area contributed by atoms with Gasteiger partial charge in [-0.25, -0.2) is 0 Å². The molecule has 0 aliphatic carbocycles. The monoisotopic (exact) mass is 364 g/mol. The van der Waals surface area contributed by atoms with Gasteiger partial charge in [0.1, 0.15) is 5.41 Å². The minimum absolute atomic E-state index is 0.0820. The Hall–Kier alpha value is -1.76. The van der Waals surface area contributed by atoms with E-state index in [-0.39, 0.29) is 11.6 Å². The molecule has 1 rings (SSSR count). The summed E-state index contributed by atoms with van der Waals surface area (Å²) < 4.78 is 38.5. The van der Waals surface area contributed by atoms with E-state index in [1.165, 1.54) is 19.9 Å². The summed E-state index contributed by atoms with van der Waals surface area (Å²) in [5, 5.41) is 4.50. The number of halogens is 4. The lowest BCUT2D eigenvalue weighted by molar-refractivity contribution is -0.139. The van der Waals surface area contributed by atoms with Crippen molar-refractivity contribution in [2.45, 2.75) is 33.9 Å². The summed E-state index contributed by atoms with van der Waals surface area (Å²) in [6.45, 7) is 7.01. The van der Waals surface area contributed by atoms with Crippen LogP contribution in [0.25, 0.3) is 0 Å². The molecular formula is C16H20ClF3N2O2. The van der Waals surface area contributed by atoms with E-state index >= 15 is 0 Å². The van der Waals surface area contributed by atoms with Crippen LogP contribution in [0.3, 0.4) is 0 Å². The standard InChI is InChI=1S/C16H20ClF3N2O2/c1-9(2)8-21-13(23)15(3,4)14(24)22-10-5-6-12(17)11(7-10)16(18,19)20/h5-7,9H,8H2,1-4H3,(H,21,23)(H,22,24). The van der Waals surface area contributed by atoms with E-state index in [1.807, 2.05) is 13.8 Å². The molecule has 4 nitrogen and oxygen atoms in total. The number of carbonyl (C=O) groups excluding carboxylic acids is 2. The molecule has 0 spiro atoms. The lowest BCUT2D eigenvalue weighted by Crippen LogP contribution is -2.46. The van der Waals surface area contributed by atoms with Crippen molar-refractivity contribution >= 4 is 29.1 Å². The Labute approximate surface area is 143 Å². The zero-order valence-corrected chi connectivity index (χ0v) is 14.6. The molecule has 1 aromatic carbocycles. The number of hydrogen-bond donors (Lipinski definition) is 2. The van der Waals surface area contributed by atoms with Gasteiger partial charge in [0, 0.05) is 12.2 Å². The normalized spacial score (nSPS) is 12.2. The first-order valence-corrected chi connectivity index (χ1v) is 7.70. The average Bonchev–Trinajstić information content (AvgIpc) is 2.45. The molecule has 24 heavy (non-hydrogen) atoms. The molecule has 0 bridgehead atoms. The Morgan fingerprint density at radius 1 is 1.17 bits per heavy atom. The molecule has 0 aliphatic rings. The fourth-order valence-corrected chi connectivity index (χ4v) is 1.95. The quantitative estimate of drug-likeness (QED) is 0.773. The Bertz CT molecular complexity index is 628. The summed E-state index contributed by atoms with van der Waals surface area (Å²) in [5.41, 5.74) is -2.57. The van der Waals surface area contributed by atoms with Crippen LogP contribution in [0.1, 0.15) is 33.3 Å². The summed E-state index contributed by atoms with van der Waals surface area (Å²) in [5.74, 6) is -1.00. The lowest BCUT2D eigenvalue weighted by Gasteiger charge is -2.23. The lowest BCUT2D eigenvalue weighted by atomic mass is 9.90. The van der Waals surface area contributed by atoms with Gasteiger partial charge in [0.25, 0.3) is 0 Å². The van der Waals surface area contributed by atoms with E-state index in [2.05, 4.69) is 10.6 Å². The van der Waals surface area contributed by atoms with Crippen LogP contribution in [0.5, 0.6) is 0 Å². The highest BCUT2D eigenvalue weighted by Gasteiger charge is 2.37. The maximum atomic E-state index is 12.8. The molecule has 0 saturated carbocycles. The zero-order valence-electron chi connectivity index (χ0n) is 13.8. The predicted octanol–water partition coefficient (Wildman–Crippen LogP) is 4.10. The van der Waals surface area contributed by atoms with E-state index in [9.17, 15) is 22.8 Å². The van der Waals surface area contributed by atoms with Crippen LogP contribution in [-0.4, -0.2) is 18.4 Å². The number of carbonyl (C=O) groups is 2. The Balaban J connectivity index is 2.92. The van der Waals surface area contributed by atoms with Gasteiger partial charge in [-0.3, -0.25) is 9.59 Å². The van der Waals surface area contributed by atoms with Crippen LogP contribution >= 0.6 is 11.6 Å². The molecule has 0 atom stereocenters. The van der Waals surface area contributed by atoms with Crippen molar-refractivity contribution in [3.8, 4) is 0 Å². The highest BCUT2D eigenvalue weighted by Crippen LogP contribution is 2.36. The smallest absolute Gasteiger partial charge is 0.355 e. The van der Waals surface area contributed by atoms with E-state index in [0.29, 0.717) is 6.54 Å². The van der Waals surface area contributed by atoms with E-state index in [0.717, 1.165) is 12.1 Å². The van der Waals surface area contributed by atoms with Crippen LogP contribution in [0.4, 0.5) is 18.9 Å². The fourth-order valence-electron chi connectivity index (χ4n) is 1.73. The van der Waals surface area contributed by atoms with E-state index in [1.54, 1.807) is 0 Å². The van der Waals surface area contributed by atoms with Crippen molar-refractivity contribution in [2.24, 2.45) is 11.3 Å². The number of rotatable bonds is 5. The van der Waals surface area contributed by atoms with Gasteiger partial charge in [0.15, 0.2) is 0 Å². The minimum atomic E-state index is -4.64. The zero-order chi connectivity index (χ0) is 18.7. The largest absolute Gasteiger partial charge is 0.417 e. The summed E-state index contributed by atoms with van der Waals surface area (Å²) in [7, 11) is 0. The molecule has 1 aromatic rings. The van der Waals surface area contributed by atoms with Gasteiger partial charge in [-0.2, -0.15) is 13.2 Å². The second kappa shape index (κ2) is 7.42. The molecule has 2 N–H and O–H groups in total. The molecule has 8 heteroatoms. The van der Waals surface area contributed by atoms with Gasteiger partial charge >= 0.3 is 6.18 Å². The highest BCUT2D eigenvalue weighted by atomic mass is 35.5. The van der Waals surface area contributed by atoms with Gasteiger partial charge in [0.05, 0.1) is 10.6 Å². The van der Waals surface area contributed by atoms with Crippen molar-refractivity contribution in [3.05, 3.63) is 28.8 Å². The Morgan fingerprint density at radius 2 is 1.75 bits per heavy atom. The Kier molecular flexibility index (Phi) is 6.27. The molecule has 0 aliphatic heterocycles. The van der Waals surface area contributed by atoms with Crippen molar-refractivity contribution in [2.75, 3.05) is 11.9 Å². The number of hydrogen-bond acceptors (Lipinski definition) is 2. The summed E-state index contributed by atoms with van der Waals surface area (Å²) in [6, 6.07) is 3.03. The van der Waals surface area contributed by atoms with Gasteiger partial charge in [0.2, 0.25) is 11.8 Å². The van der Waals surface area contributed by atoms with Crippen molar-refractivity contribution in [1.29, 1.82) is 0 Å². The SMILES string of the molecule is CC(C)CNC(=O)C(C)(C)C(=O)Nc1ccc(Cl)c(C(F)(F)F)c1. The predicted molar refractivity (Wildman–Crippen MR) is 86.7 cm³/mol. The van der Waals surface area contributed by atoms with Crippen molar-refractivity contribution < 1.29 is 22.8 Å². The first kappa shape index (κ1) is 20.3. The van der Waals surface area contributed by atoms with Crippen LogP contribution < -0.4 is 10.6 Å². The first-order chi connectivity index (χ1) is 10.9. The molecule has 0 saturated heterocycles. The molecular weight excluding hydrogens is 345 g/mol. The van der Waals surface area contributed by atoms with Gasteiger partial charge in [-0.1, -0.05) is 25.4 Å². The summed E-state index contributed by atoms with van der Waals surface area (Å²) in [4.78, 5) is 24.4. The number of anilines is 1. The molecule has 134 valence electrons. The third-order valence-electron chi connectivity index (χ3n) is 3.34. The third-order valence-corrected chi connectivity index (χ3v) is 3.67. The summed E-state index contributed by atoms with van der Waals surface area (Å²) in [6.07, 6.45) is -4.64. The highest BCUT2D eigenvalue weighted by molar-refractivity contribution is 6.31. The van der Waals surface area contributed by atoms with Crippen molar-refractivity contribution in [1.82, 2.24) is 5.32 Å². The minimum Gasteiger partial charge on any atom is -0.355 e. The summed E-state index contributed by atoms with van der Waals surface area (Å²) >= 11 is 5.53. The maximum Gasteiger partial charge on any atom is 0.417 e. The van der Waals surface area contributed by atoms with E-state index in [4.69, 9.17) is 11.6 Å². The first-order valence-electron chi connectivity index (χ1n) is 7.32. The number of nitrogens with one attached hydrogen (secondary N) is 2. The second-order valence-corrected chi connectivity index (χ2v) is 6.78. The molecule has 0 radical (unpaired) electrons. The maximum absolute atomic E-state index is 12.8. The topological polar surface area (TPSA) is 58.2 Å². The van der Waals surface area contributed by atoms with Crippen molar-refractivity contribution in [3.63, 3.8) is 0 Å². The fraction of sp³-hybridized carbons (Fsp3) is 0.500. The molecule has 0 heterocycles. The second-order valence-electron chi connectivity index (χ2n) is 6.38. The number of alkyl halides is 3. The van der Waals surface area contributed by atoms with Crippen LogP contribution in [0, 0.1) is 11.3 Å². The average molecular weight is 365 g/mol. The number of benzene rings is 1. The van der Waals surface area contributed by atoms with Gasteiger partial charge < -0.3 is 10.6 Å². The number of amides is 2. The molecule has 0 fully saturated rings. The van der Waals surface area contributed by atoms with Crippen LogP contribution in [-0.2, 0) is 15.8 Å². The van der Waals surface area contributed by atoms with Gasteiger partial charge in [-0.15, -0.1) is 0 Å². The van der Waals surface area contributed by atoms with Gasteiger partial charge in [-0.05, 0) is 38.0 Å². The third kappa shape index (κ3) is 5.12. The molecule has 0 aromatic heterocycles.